The highest BCUT2D eigenvalue weighted by Crippen LogP contribution is 2.22. The van der Waals surface area contributed by atoms with Gasteiger partial charge in [-0.05, 0) is 23.3 Å². The van der Waals surface area contributed by atoms with Crippen LogP contribution < -0.4 is 10.6 Å². The molecule has 140 valence electrons. The molecule has 0 bridgehead atoms. The van der Waals surface area contributed by atoms with E-state index in [1.807, 2.05) is 91.0 Å². The predicted octanol–water partition coefficient (Wildman–Crippen LogP) is 5.06. The molecule has 2 amide bonds. The topological polar surface area (TPSA) is 54.3 Å². The fourth-order valence-electron chi connectivity index (χ4n) is 3.29. The molecule has 0 saturated heterocycles. The zero-order valence-corrected chi connectivity index (χ0v) is 15.5. The van der Waals surface area contributed by atoms with Crippen molar-refractivity contribution in [3.63, 3.8) is 0 Å². The van der Waals surface area contributed by atoms with E-state index < -0.39 is 0 Å². The molecule has 3 aromatic carbocycles. The Bertz CT molecular complexity index is 969. The molecule has 1 aromatic heterocycles. The number of furan rings is 1. The van der Waals surface area contributed by atoms with E-state index in [1.165, 1.54) is 0 Å². The Hall–Kier alpha value is -3.53. The van der Waals surface area contributed by atoms with Gasteiger partial charge in [0.15, 0.2) is 0 Å². The monoisotopic (exact) mass is 370 g/mol. The Morgan fingerprint density at radius 1 is 0.821 bits per heavy atom. The molecule has 0 unspecified atom stereocenters. The first-order chi connectivity index (χ1) is 13.8. The zero-order chi connectivity index (χ0) is 19.2. The quantitative estimate of drug-likeness (QED) is 0.498. The van der Waals surface area contributed by atoms with E-state index in [0.717, 1.165) is 27.9 Å². The Labute approximate surface area is 164 Å². The minimum atomic E-state index is -0.200. The Morgan fingerprint density at radius 2 is 1.43 bits per heavy atom. The van der Waals surface area contributed by atoms with Gasteiger partial charge in [0.05, 0.1) is 6.04 Å². The van der Waals surface area contributed by atoms with Crippen LogP contribution >= 0.6 is 0 Å². The number of carbonyl (C=O) groups excluding carboxylic acids is 1. The molecule has 0 fully saturated rings. The number of benzene rings is 3. The lowest BCUT2D eigenvalue weighted by Gasteiger charge is -2.20. The van der Waals surface area contributed by atoms with Crippen LogP contribution in [0.1, 0.15) is 22.9 Å². The normalized spacial score (nSPS) is 10.9. The number of rotatable bonds is 6. The van der Waals surface area contributed by atoms with Crippen LogP contribution in [0.25, 0.3) is 11.0 Å². The van der Waals surface area contributed by atoms with Crippen molar-refractivity contribution in [2.75, 3.05) is 6.54 Å². The molecule has 0 radical (unpaired) electrons. The molecule has 0 aliphatic rings. The van der Waals surface area contributed by atoms with E-state index in [1.54, 1.807) is 0 Å². The second kappa shape index (κ2) is 8.44. The van der Waals surface area contributed by atoms with Crippen LogP contribution in [0.5, 0.6) is 0 Å². The van der Waals surface area contributed by atoms with Gasteiger partial charge in [-0.1, -0.05) is 78.9 Å². The van der Waals surface area contributed by atoms with Gasteiger partial charge in [0.25, 0.3) is 0 Å². The second-order valence-electron chi connectivity index (χ2n) is 6.66. The van der Waals surface area contributed by atoms with E-state index in [-0.39, 0.29) is 12.1 Å². The van der Waals surface area contributed by atoms with Crippen LogP contribution in [0.4, 0.5) is 4.79 Å². The fraction of sp³-hybridized carbons (Fsp3) is 0.125. The summed E-state index contributed by atoms with van der Waals surface area (Å²) in [6.45, 7) is 0.502. The maximum atomic E-state index is 12.5. The molecule has 0 aliphatic carbocycles. The van der Waals surface area contributed by atoms with Crippen LogP contribution in [-0.4, -0.2) is 12.6 Å². The number of hydrogen-bond donors (Lipinski definition) is 2. The first kappa shape index (κ1) is 17.9. The third-order valence-corrected chi connectivity index (χ3v) is 4.67. The maximum absolute atomic E-state index is 12.5. The highest BCUT2D eigenvalue weighted by molar-refractivity contribution is 5.78. The fourth-order valence-corrected chi connectivity index (χ4v) is 3.29. The van der Waals surface area contributed by atoms with Gasteiger partial charge in [0.1, 0.15) is 11.3 Å². The molecule has 0 atom stereocenters. The third kappa shape index (κ3) is 4.23. The number of para-hydroxylation sites is 1. The van der Waals surface area contributed by atoms with Crippen molar-refractivity contribution < 1.29 is 9.21 Å². The molecule has 0 aliphatic heterocycles. The van der Waals surface area contributed by atoms with Gasteiger partial charge in [-0.3, -0.25) is 0 Å². The molecule has 4 aromatic rings. The molecule has 28 heavy (non-hydrogen) atoms. The van der Waals surface area contributed by atoms with E-state index in [2.05, 4.69) is 10.6 Å². The van der Waals surface area contributed by atoms with Crippen molar-refractivity contribution in [1.29, 1.82) is 0 Å². The first-order valence-corrected chi connectivity index (χ1v) is 9.41. The summed E-state index contributed by atoms with van der Waals surface area (Å²) in [6.07, 6.45) is 0.642. The highest BCUT2D eigenvalue weighted by atomic mass is 16.3. The van der Waals surface area contributed by atoms with E-state index in [4.69, 9.17) is 4.42 Å². The van der Waals surface area contributed by atoms with Crippen molar-refractivity contribution in [3.05, 3.63) is 108 Å². The van der Waals surface area contributed by atoms with Gasteiger partial charge in [-0.15, -0.1) is 0 Å². The minimum Gasteiger partial charge on any atom is -0.461 e. The van der Waals surface area contributed by atoms with Crippen LogP contribution in [0, 0.1) is 0 Å². The number of fused-ring (bicyclic) bond motifs is 1. The van der Waals surface area contributed by atoms with Gasteiger partial charge in [0.2, 0.25) is 0 Å². The first-order valence-electron chi connectivity index (χ1n) is 9.41. The van der Waals surface area contributed by atoms with Crippen molar-refractivity contribution in [2.24, 2.45) is 0 Å². The molecular weight excluding hydrogens is 348 g/mol. The van der Waals surface area contributed by atoms with E-state index in [9.17, 15) is 4.79 Å². The van der Waals surface area contributed by atoms with Crippen molar-refractivity contribution >= 4 is 17.0 Å². The lowest BCUT2D eigenvalue weighted by molar-refractivity contribution is 0.238. The van der Waals surface area contributed by atoms with Gasteiger partial charge in [0, 0.05) is 18.4 Å². The van der Waals surface area contributed by atoms with Crippen molar-refractivity contribution in [2.45, 2.75) is 12.5 Å². The number of amides is 2. The average molecular weight is 370 g/mol. The lowest BCUT2D eigenvalue weighted by Crippen LogP contribution is -2.39. The molecule has 0 spiro atoms. The van der Waals surface area contributed by atoms with Crippen LogP contribution in [0.3, 0.4) is 0 Å². The third-order valence-electron chi connectivity index (χ3n) is 4.67. The summed E-state index contributed by atoms with van der Waals surface area (Å²) in [6, 6.07) is 29.5. The van der Waals surface area contributed by atoms with Gasteiger partial charge in [-0.25, -0.2) is 4.79 Å². The predicted molar refractivity (Wildman–Crippen MR) is 111 cm³/mol. The molecule has 0 saturated carbocycles. The average Bonchev–Trinajstić information content (AvgIpc) is 3.16. The number of hydrogen-bond acceptors (Lipinski definition) is 2. The zero-order valence-electron chi connectivity index (χ0n) is 15.5. The molecule has 4 heteroatoms. The Morgan fingerprint density at radius 3 is 2.07 bits per heavy atom. The van der Waals surface area contributed by atoms with Crippen LogP contribution in [0.15, 0.2) is 95.4 Å². The summed E-state index contributed by atoms with van der Waals surface area (Å²) >= 11 is 0. The van der Waals surface area contributed by atoms with E-state index in [0.29, 0.717) is 13.0 Å². The summed E-state index contributed by atoms with van der Waals surface area (Å²) < 4.78 is 5.80. The van der Waals surface area contributed by atoms with Crippen molar-refractivity contribution in [1.82, 2.24) is 10.6 Å². The smallest absolute Gasteiger partial charge is 0.315 e. The summed E-state index contributed by atoms with van der Waals surface area (Å²) in [5.74, 6) is 0.865. The minimum absolute atomic E-state index is 0.200. The summed E-state index contributed by atoms with van der Waals surface area (Å²) in [4.78, 5) is 12.5. The second-order valence-corrected chi connectivity index (χ2v) is 6.66. The summed E-state index contributed by atoms with van der Waals surface area (Å²) in [5, 5.41) is 7.10. The molecule has 2 N–H and O–H groups in total. The standard InChI is InChI=1S/C24H22N2O2/c27-24(25-16-15-21-17-20-13-7-8-14-22(20)28-21)26-23(18-9-3-1-4-10-18)19-11-5-2-6-12-19/h1-14,17,23H,15-16H2,(H2,25,26,27). The lowest BCUT2D eigenvalue weighted by atomic mass is 9.99. The largest absolute Gasteiger partial charge is 0.461 e. The van der Waals surface area contributed by atoms with Crippen molar-refractivity contribution in [3.8, 4) is 0 Å². The molecule has 4 rings (SSSR count). The molecule has 1 heterocycles. The number of urea groups is 1. The van der Waals surface area contributed by atoms with E-state index >= 15 is 0 Å². The van der Waals surface area contributed by atoms with Crippen LogP contribution in [0.2, 0.25) is 0 Å². The SMILES string of the molecule is O=C(NCCc1cc2ccccc2o1)NC(c1ccccc1)c1ccccc1. The van der Waals surface area contributed by atoms with Gasteiger partial charge >= 0.3 is 6.03 Å². The Kier molecular flexibility index (Phi) is 5.38. The highest BCUT2D eigenvalue weighted by Gasteiger charge is 2.16. The number of carbonyl (C=O) groups is 1. The number of nitrogens with one attached hydrogen (secondary N) is 2. The summed E-state index contributed by atoms with van der Waals surface area (Å²) in [5.41, 5.74) is 2.96. The molecular formula is C24H22N2O2. The van der Waals surface area contributed by atoms with Gasteiger partial charge in [-0.2, -0.15) is 0 Å². The van der Waals surface area contributed by atoms with Gasteiger partial charge < -0.3 is 15.1 Å². The Balaban J connectivity index is 1.39. The maximum Gasteiger partial charge on any atom is 0.315 e. The van der Waals surface area contributed by atoms with Crippen LogP contribution in [-0.2, 0) is 6.42 Å². The molecule has 4 nitrogen and oxygen atoms in total. The summed E-state index contributed by atoms with van der Waals surface area (Å²) in [7, 11) is 0.